The minimum Gasteiger partial charge on any atom is -0.330 e. The van der Waals surface area contributed by atoms with Crippen molar-refractivity contribution in [3.05, 3.63) is 0 Å². The Labute approximate surface area is 55.4 Å². The molecule has 4 N–H and O–H groups in total. The van der Waals surface area contributed by atoms with Gasteiger partial charge in [-0.3, -0.25) is 0 Å². The van der Waals surface area contributed by atoms with Crippen LogP contribution >= 0.6 is 0 Å². The highest BCUT2D eigenvalue weighted by Crippen LogP contribution is 2.01. The Balaban J connectivity index is 3.44. The predicted molar refractivity (Wildman–Crippen MR) is 36.9 cm³/mol. The van der Waals surface area contributed by atoms with Crippen LogP contribution in [-0.4, -0.2) is 18.9 Å². The fraction of sp³-hybridized carbons (Fsp3) is 0.833. The van der Waals surface area contributed by atoms with Crippen molar-refractivity contribution in [1.82, 2.24) is 0 Å². The molecule has 0 spiro atoms. The van der Waals surface area contributed by atoms with Crippen LogP contribution < -0.4 is 11.5 Å². The number of carbonyl (C=O) groups is 1. The van der Waals surface area contributed by atoms with Crippen LogP contribution in [0.5, 0.6) is 0 Å². The average Bonchev–Trinajstić information content (AvgIpc) is 1.87. The molecule has 0 aromatic rings. The molecule has 3 nitrogen and oxygen atoms in total. The molecular weight excluding hydrogens is 116 g/mol. The van der Waals surface area contributed by atoms with E-state index in [0.717, 1.165) is 12.7 Å². The van der Waals surface area contributed by atoms with Gasteiger partial charge < -0.3 is 16.3 Å². The lowest BCUT2D eigenvalue weighted by atomic mass is 10.0. The highest BCUT2D eigenvalue weighted by Gasteiger charge is 2.08. The van der Waals surface area contributed by atoms with Gasteiger partial charge >= 0.3 is 0 Å². The molecule has 0 saturated carbocycles. The summed E-state index contributed by atoms with van der Waals surface area (Å²) in [7, 11) is 0. The Morgan fingerprint density at radius 2 is 2.22 bits per heavy atom. The predicted octanol–water partition coefficient (Wildman–Crippen LogP) is -0.502. The Morgan fingerprint density at radius 3 is 2.56 bits per heavy atom. The summed E-state index contributed by atoms with van der Waals surface area (Å²) < 4.78 is 0. The van der Waals surface area contributed by atoms with Crippen LogP contribution in [0.4, 0.5) is 0 Å². The summed E-state index contributed by atoms with van der Waals surface area (Å²) in [4.78, 5) is 10.1. The Kier molecular flexibility index (Phi) is 4.26. The van der Waals surface area contributed by atoms with E-state index in [0.29, 0.717) is 6.54 Å². The molecule has 0 radical (unpaired) electrons. The fourth-order valence-electron chi connectivity index (χ4n) is 0.589. The van der Waals surface area contributed by atoms with Crippen molar-refractivity contribution in [3.63, 3.8) is 0 Å². The number of hydrogen-bond donors (Lipinski definition) is 2. The molecule has 2 unspecified atom stereocenters. The minimum absolute atomic E-state index is 0.215. The smallest absolute Gasteiger partial charge is 0.136 e. The van der Waals surface area contributed by atoms with Crippen LogP contribution in [0.1, 0.15) is 13.3 Å². The molecule has 0 aromatic carbocycles. The number of aldehydes is 1. The van der Waals surface area contributed by atoms with Crippen molar-refractivity contribution in [2.24, 2.45) is 17.4 Å². The molecule has 0 rings (SSSR count). The van der Waals surface area contributed by atoms with Crippen LogP contribution in [0.2, 0.25) is 0 Å². The minimum atomic E-state index is -0.339. The maximum atomic E-state index is 10.1. The van der Waals surface area contributed by atoms with Crippen LogP contribution in [0, 0.1) is 5.92 Å². The van der Waals surface area contributed by atoms with Crippen LogP contribution in [0.3, 0.4) is 0 Å². The molecule has 2 atom stereocenters. The van der Waals surface area contributed by atoms with Gasteiger partial charge in [-0.05, 0) is 18.9 Å². The summed E-state index contributed by atoms with van der Waals surface area (Å²) in [5.41, 5.74) is 10.6. The lowest BCUT2D eigenvalue weighted by molar-refractivity contribution is -0.109. The van der Waals surface area contributed by atoms with Gasteiger partial charge in [-0.25, -0.2) is 0 Å². The normalized spacial score (nSPS) is 16.8. The lowest BCUT2D eigenvalue weighted by Crippen LogP contribution is -2.30. The van der Waals surface area contributed by atoms with Gasteiger partial charge in [0, 0.05) is 0 Å². The Hall–Kier alpha value is -0.410. The summed E-state index contributed by atoms with van der Waals surface area (Å²) in [6.07, 6.45) is 1.58. The summed E-state index contributed by atoms with van der Waals surface area (Å²) >= 11 is 0. The lowest BCUT2D eigenvalue weighted by Gasteiger charge is -2.11. The third kappa shape index (κ3) is 3.21. The number of carbonyl (C=O) groups excluding carboxylic acids is 1. The van der Waals surface area contributed by atoms with Crippen molar-refractivity contribution in [2.75, 3.05) is 6.54 Å². The first-order valence-corrected chi connectivity index (χ1v) is 3.13. The van der Waals surface area contributed by atoms with Crippen LogP contribution in [0.25, 0.3) is 0 Å². The first kappa shape index (κ1) is 8.59. The van der Waals surface area contributed by atoms with Crippen molar-refractivity contribution in [1.29, 1.82) is 0 Å². The summed E-state index contributed by atoms with van der Waals surface area (Å²) in [6.45, 7) is 2.52. The molecule has 3 heteroatoms. The zero-order chi connectivity index (χ0) is 7.28. The molecule has 54 valence electrons. The second kappa shape index (κ2) is 4.47. The van der Waals surface area contributed by atoms with Gasteiger partial charge in [0.1, 0.15) is 6.29 Å². The third-order valence-corrected chi connectivity index (χ3v) is 1.44. The number of rotatable bonds is 4. The zero-order valence-electron chi connectivity index (χ0n) is 5.71. The van der Waals surface area contributed by atoms with Crippen molar-refractivity contribution < 1.29 is 4.79 Å². The molecule has 0 aliphatic heterocycles. The molecule has 0 saturated heterocycles. The Bertz CT molecular complexity index is 85.1. The second-order valence-corrected chi connectivity index (χ2v) is 2.27. The molecule has 0 aliphatic rings. The first-order valence-electron chi connectivity index (χ1n) is 3.13. The summed E-state index contributed by atoms with van der Waals surface area (Å²) in [6, 6.07) is -0.339. The van der Waals surface area contributed by atoms with Gasteiger partial charge in [-0.2, -0.15) is 0 Å². The van der Waals surface area contributed by atoms with Crippen molar-refractivity contribution in [2.45, 2.75) is 19.4 Å². The van der Waals surface area contributed by atoms with Gasteiger partial charge in [0.25, 0.3) is 0 Å². The van der Waals surface area contributed by atoms with Crippen molar-refractivity contribution in [3.8, 4) is 0 Å². The van der Waals surface area contributed by atoms with Crippen molar-refractivity contribution >= 4 is 6.29 Å². The molecule has 0 aliphatic carbocycles. The SMILES string of the molecule is CC(CCN)C(N)C=O. The monoisotopic (exact) mass is 130 g/mol. The molecule has 0 amide bonds. The van der Waals surface area contributed by atoms with Gasteiger partial charge in [0.2, 0.25) is 0 Å². The van der Waals surface area contributed by atoms with Crippen LogP contribution in [0.15, 0.2) is 0 Å². The molecule has 0 fully saturated rings. The van der Waals surface area contributed by atoms with E-state index in [1.54, 1.807) is 0 Å². The summed E-state index contributed by atoms with van der Waals surface area (Å²) in [5.74, 6) is 0.215. The van der Waals surface area contributed by atoms with E-state index in [1.807, 2.05) is 6.92 Å². The molecule has 0 heterocycles. The quantitative estimate of drug-likeness (QED) is 0.504. The second-order valence-electron chi connectivity index (χ2n) is 2.27. The zero-order valence-corrected chi connectivity index (χ0v) is 5.71. The number of hydrogen-bond acceptors (Lipinski definition) is 3. The van der Waals surface area contributed by atoms with Gasteiger partial charge in [0.05, 0.1) is 6.04 Å². The molecule has 0 bridgehead atoms. The van der Waals surface area contributed by atoms with Gasteiger partial charge in [0.15, 0.2) is 0 Å². The largest absolute Gasteiger partial charge is 0.330 e. The third-order valence-electron chi connectivity index (χ3n) is 1.44. The standard InChI is InChI=1S/C6H14N2O/c1-5(2-3-7)6(8)4-9/h4-6H,2-3,7-8H2,1H3. The first-order chi connectivity index (χ1) is 4.22. The van der Waals surface area contributed by atoms with Gasteiger partial charge in [-0.1, -0.05) is 6.92 Å². The van der Waals surface area contributed by atoms with E-state index in [2.05, 4.69) is 0 Å². The van der Waals surface area contributed by atoms with Gasteiger partial charge in [-0.15, -0.1) is 0 Å². The van der Waals surface area contributed by atoms with E-state index >= 15 is 0 Å². The van der Waals surface area contributed by atoms with E-state index in [1.165, 1.54) is 0 Å². The highest BCUT2D eigenvalue weighted by molar-refractivity contribution is 5.57. The van der Waals surface area contributed by atoms with E-state index in [4.69, 9.17) is 11.5 Å². The average molecular weight is 130 g/mol. The van der Waals surface area contributed by atoms with Crippen LogP contribution in [-0.2, 0) is 4.79 Å². The van der Waals surface area contributed by atoms with E-state index in [9.17, 15) is 4.79 Å². The Morgan fingerprint density at radius 1 is 1.67 bits per heavy atom. The molecular formula is C6H14N2O. The maximum Gasteiger partial charge on any atom is 0.136 e. The molecule has 0 aromatic heterocycles. The summed E-state index contributed by atoms with van der Waals surface area (Å²) in [5, 5.41) is 0. The maximum absolute atomic E-state index is 10.1. The topological polar surface area (TPSA) is 69.1 Å². The number of nitrogens with two attached hydrogens (primary N) is 2. The van der Waals surface area contributed by atoms with E-state index in [-0.39, 0.29) is 12.0 Å². The fourth-order valence-corrected chi connectivity index (χ4v) is 0.589. The highest BCUT2D eigenvalue weighted by atomic mass is 16.1. The van der Waals surface area contributed by atoms with E-state index < -0.39 is 0 Å². The molecule has 9 heavy (non-hydrogen) atoms.